The lowest BCUT2D eigenvalue weighted by Crippen LogP contribution is -2.06. The molecule has 102 valence electrons. The topological polar surface area (TPSA) is 74.5 Å². The van der Waals surface area contributed by atoms with E-state index in [1.54, 1.807) is 6.20 Å². The van der Waals surface area contributed by atoms with Gasteiger partial charge in [-0.05, 0) is 25.1 Å². The molecule has 0 spiro atoms. The van der Waals surface area contributed by atoms with Crippen LogP contribution >= 0.6 is 0 Å². The molecule has 0 amide bonds. The van der Waals surface area contributed by atoms with E-state index in [0.717, 1.165) is 22.4 Å². The first-order valence-electron chi connectivity index (χ1n) is 6.58. The lowest BCUT2D eigenvalue weighted by molar-refractivity contribution is 0.950. The Morgan fingerprint density at radius 1 is 1.19 bits per heavy atom. The maximum Gasteiger partial charge on any atom is 0.144 e. The van der Waals surface area contributed by atoms with Crippen LogP contribution < -0.4 is 5.32 Å². The maximum absolute atomic E-state index is 9.26. The number of hydrogen-bond donors (Lipinski definition) is 1. The van der Waals surface area contributed by atoms with Crippen LogP contribution in [0.4, 0.5) is 5.82 Å². The van der Waals surface area contributed by atoms with Gasteiger partial charge in [0.25, 0.3) is 0 Å². The number of nitrogens with zero attached hydrogens (tertiary/aromatic N) is 4. The van der Waals surface area contributed by atoms with Crippen molar-refractivity contribution in [3.63, 3.8) is 0 Å². The van der Waals surface area contributed by atoms with Gasteiger partial charge in [-0.2, -0.15) is 5.26 Å². The summed E-state index contributed by atoms with van der Waals surface area (Å²) in [5.74, 6) is 1.30. The lowest BCUT2D eigenvalue weighted by atomic mass is 10.1. The van der Waals surface area contributed by atoms with Gasteiger partial charge in [0, 0.05) is 11.6 Å². The van der Waals surface area contributed by atoms with Crippen molar-refractivity contribution < 1.29 is 0 Å². The summed E-state index contributed by atoms with van der Waals surface area (Å²) in [6.45, 7) is 2.35. The highest BCUT2D eigenvalue weighted by atomic mass is 15.0. The molecular formula is C16H13N5. The predicted molar refractivity (Wildman–Crippen MR) is 80.6 cm³/mol. The van der Waals surface area contributed by atoms with Crippen LogP contribution in [0.1, 0.15) is 17.1 Å². The molecular weight excluding hydrogens is 262 g/mol. The summed E-state index contributed by atoms with van der Waals surface area (Å²) >= 11 is 0. The molecule has 0 bridgehead atoms. The van der Waals surface area contributed by atoms with E-state index in [9.17, 15) is 5.26 Å². The molecule has 2 heterocycles. The number of rotatable bonds is 3. The van der Waals surface area contributed by atoms with Crippen molar-refractivity contribution in [1.29, 1.82) is 5.26 Å². The highest BCUT2D eigenvalue weighted by Crippen LogP contribution is 2.20. The fourth-order valence-electron chi connectivity index (χ4n) is 2.11. The van der Waals surface area contributed by atoms with Gasteiger partial charge < -0.3 is 5.32 Å². The number of benzene rings is 1. The predicted octanol–water partition coefficient (Wildman–Crippen LogP) is 2.82. The Labute approximate surface area is 122 Å². The Balaban J connectivity index is 1.91. The number of aromatic nitrogens is 3. The Morgan fingerprint density at radius 2 is 2.05 bits per heavy atom. The molecule has 0 unspecified atom stereocenters. The molecule has 0 fully saturated rings. The summed E-state index contributed by atoms with van der Waals surface area (Å²) in [7, 11) is 0. The zero-order valence-electron chi connectivity index (χ0n) is 11.5. The molecule has 5 nitrogen and oxygen atoms in total. The summed E-state index contributed by atoms with van der Waals surface area (Å²) in [6, 6.07) is 13.6. The fraction of sp³-hybridized carbons (Fsp3) is 0.125. The third-order valence-corrected chi connectivity index (χ3v) is 3.12. The first kappa shape index (κ1) is 13.0. The van der Waals surface area contributed by atoms with Crippen molar-refractivity contribution >= 4 is 16.7 Å². The van der Waals surface area contributed by atoms with Crippen LogP contribution in [-0.2, 0) is 6.54 Å². The van der Waals surface area contributed by atoms with Crippen molar-refractivity contribution in [2.75, 3.05) is 5.32 Å². The fourth-order valence-corrected chi connectivity index (χ4v) is 2.11. The lowest BCUT2D eigenvalue weighted by Gasteiger charge is -2.08. The van der Waals surface area contributed by atoms with Crippen LogP contribution in [0.15, 0.2) is 42.6 Å². The summed E-state index contributed by atoms with van der Waals surface area (Å²) in [6.07, 6.45) is 1.72. The number of pyridine rings is 1. The second kappa shape index (κ2) is 5.55. The minimum absolute atomic E-state index is 0.503. The van der Waals surface area contributed by atoms with Crippen LogP contribution in [0.3, 0.4) is 0 Å². The molecule has 1 N–H and O–H groups in total. The minimum Gasteiger partial charge on any atom is -0.363 e. The second-order valence-electron chi connectivity index (χ2n) is 4.64. The van der Waals surface area contributed by atoms with E-state index in [1.165, 1.54) is 0 Å². The summed E-state index contributed by atoms with van der Waals surface area (Å²) in [4.78, 5) is 12.9. The van der Waals surface area contributed by atoms with Crippen molar-refractivity contribution in [2.24, 2.45) is 0 Å². The standard InChI is InChI=1S/C16H13N5/c1-11-18-7-6-14(20-11)10-19-16-13(9-17)8-12-4-2-3-5-15(12)21-16/h2-8H,10H2,1H3,(H,19,21). The number of aryl methyl sites for hydroxylation is 1. The van der Waals surface area contributed by atoms with E-state index in [0.29, 0.717) is 17.9 Å². The van der Waals surface area contributed by atoms with Gasteiger partial charge in [-0.3, -0.25) is 0 Å². The van der Waals surface area contributed by atoms with E-state index >= 15 is 0 Å². The van der Waals surface area contributed by atoms with E-state index in [1.807, 2.05) is 43.3 Å². The highest BCUT2D eigenvalue weighted by Gasteiger charge is 2.06. The molecule has 5 heteroatoms. The normalized spacial score (nSPS) is 10.3. The van der Waals surface area contributed by atoms with E-state index in [4.69, 9.17) is 0 Å². The Bertz CT molecular complexity index is 835. The van der Waals surface area contributed by atoms with Gasteiger partial charge in [-0.25, -0.2) is 15.0 Å². The Morgan fingerprint density at radius 3 is 2.86 bits per heavy atom. The number of anilines is 1. The quantitative estimate of drug-likeness (QED) is 0.795. The van der Waals surface area contributed by atoms with Gasteiger partial charge >= 0.3 is 0 Å². The molecule has 1 aromatic carbocycles. The van der Waals surface area contributed by atoms with Crippen LogP contribution in [0.5, 0.6) is 0 Å². The van der Waals surface area contributed by atoms with Crippen molar-refractivity contribution in [3.05, 3.63) is 59.7 Å². The number of hydrogen-bond acceptors (Lipinski definition) is 5. The maximum atomic E-state index is 9.26. The summed E-state index contributed by atoms with van der Waals surface area (Å²) in [5.41, 5.74) is 2.25. The molecule has 2 aromatic heterocycles. The number of para-hydroxylation sites is 1. The molecule has 0 aliphatic heterocycles. The number of nitrogens with one attached hydrogen (secondary N) is 1. The largest absolute Gasteiger partial charge is 0.363 e. The number of nitriles is 1. The number of fused-ring (bicyclic) bond motifs is 1. The monoisotopic (exact) mass is 275 g/mol. The SMILES string of the molecule is Cc1nccc(CNc2nc3ccccc3cc2C#N)n1. The molecule has 0 aliphatic carbocycles. The molecule has 0 aliphatic rings. The van der Waals surface area contributed by atoms with Gasteiger partial charge in [-0.15, -0.1) is 0 Å². The molecule has 21 heavy (non-hydrogen) atoms. The van der Waals surface area contributed by atoms with Gasteiger partial charge in [-0.1, -0.05) is 18.2 Å². The Kier molecular flexibility index (Phi) is 3.44. The molecule has 3 aromatic rings. The van der Waals surface area contributed by atoms with Crippen LogP contribution in [0.25, 0.3) is 10.9 Å². The average Bonchev–Trinajstić information content (AvgIpc) is 2.52. The zero-order valence-corrected chi connectivity index (χ0v) is 11.5. The van der Waals surface area contributed by atoms with Crippen molar-refractivity contribution in [1.82, 2.24) is 15.0 Å². The van der Waals surface area contributed by atoms with E-state index < -0.39 is 0 Å². The van der Waals surface area contributed by atoms with Gasteiger partial charge in [0.05, 0.1) is 23.3 Å². The molecule has 0 radical (unpaired) electrons. The molecule has 0 atom stereocenters. The van der Waals surface area contributed by atoms with E-state index in [-0.39, 0.29) is 0 Å². The van der Waals surface area contributed by atoms with Crippen LogP contribution in [0, 0.1) is 18.3 Å². The van der Waals surface area contributed by atoms with E-state index in [2.05, 4.69) is 26.3 Å². The van der Waals surface area contributed by atoms with Crippen LogP contribution in [-0.4, -0.2) is 15.0 Å². The summed E-state index contributed by atoms with van der Waals surface area (Å²) in [5, 5.41) is 13.4. The smallest absolute Gasteiger partial charge is 0.144 e. The molecule has 3 rings (SSSR count). The van der Waals surface area contributed by atoms with Gasteiger partial charge in [0.2, 0.25) is 0 Å². The first-order chi connectivity index (χ1) is 10.3. The van der Waals surface area contributed by atoms with Gasteiger partial charge in [0.15, 0.2) is 0 Å². The molecule has 0 saturated heterocycles. The summed E-state index contributed by atoms with van der Waals surface area (Å²) < 4.78 is 0. The van der Waals surface area contributed by atoms with Crippen LogP contribution in [0.2, 0.25) is 0 Å². The van der Waals surface area contributed by atoms with Gasteiger partial charge in [0.1, 0.15) is 17.7 Å². The average molecular weight is 275 g/mol. The highest BCUT2D eigenvalue weighted by molar-refractivity contribution is 5.82. The Hall–Kier alpha value is -3.00. The zero-order chi connectivity index (χ0) is 14.7. The minimum atomic E-state index is 0.503. The molecule has 0 saturated carbocycles. The van der Waals surface area contributed by atoms with Crippen molar-refractivity contribution in [3.8, 4) is 6.07 Å². The second-order valence-corrected chi connectivity index (χ2v) is 4.64. The van der Waals surface area contributed by atoms with Crippen molar-refractivity contribution in [2.45, 2.75) is 13.5 Å². The third kappa shape index (κ3) is 2.79. The first-order valence-corrected chi connectivity index (χ1v) is 6.58. The third-order valence-electron chi connectivity index (χ3n) is 3.12.